The zero-order valence-corrected chi connectivity index (χ0v) is 31.3. The Morgan fingerprint density at radius 2 is 1.67 bits per heavy atom. The van der Waals surface area contributed by atoms with E-state index in [9.17, 15) is 30.6 Å². The lowest BCUT2D eigenvalue weighted by atomic mass is 9.66. The van der Waals surface area contributed by atoms with Crippen LogP contribution in [0.1, 0.15) is 92.6 Å². The molecule has 0 saturated carbocycles. The third-order valence-corrected chi connectivity index (χ3v) is 12.9. The van der Waals surface area contributed by atoms with Crippen LogP contribution in [0.3, 0.4) is 0 Å². The van der Waals surface area contributed by atoms with Gasteiger partial charge in [-0.25, -0.2) is 0 Å². The van der Waals surface area contributed by atoms with Crippen LogP contribution in [0.25, 0.3) is 11.1 Å². The maximum atomic E-state index is 12.4. The molecule has 6 atom stereocenters. The molecule has 2 aliphatic heterocycles. The van der Waals surface area contributed by atoms with Crippen LogP contribution in [0.2, 0.25) is 0 Å². The first-order valence-corrected chi connectivity index (χ1v) is 20.3. The molecule has 6 N–H and O–H groups in total. The van der Waals surface area contributed by atoms with Gasteiger partial charge in [-0.2, -0.15) is 0 Å². The predicted octanol–water partition coefficient (Wildman–Crippen LogP) is 7.23. The van der Waals surface area contributed by atoms with Crippen molar-refractivity contribution in [2.24, 2.45) is 11.8 Å². The van der Waals surface area contributed by atoms with Crippen LogP contribution >= 0.6 is 21.6 Å². The fraction of sp³-hybridized carbons (Fsp3) is 0.538. The number of benzene rings is 3. The van der Waals surface area contributed by atoms with Crippen molar-refractivity contribution in [2.45, 2.75) is 76.4 Å². The highest BCUT2D eigenvalue weighted by molar-refractivity contribution is 8.76. The molecular formula is C39H50O10S2. The second-order valence-electron chi connectivity index (χ2n) is 14.3. The molecule has 278 valence electrons. The SMILES string of the molecule is COc1c(O)c(OCCC(C)C)cc([C@@H]2Oc3cc(OCCO)c4c5c3[C@@H](CSSCC[C@@H](C)CC[C@@H](c3cc(O)ccc3-4)[C@@H]5CO)[C@H]2O)c1O. The maximum Gasteiger partial charge on any atom is 0.207 e. The van der Waals surface area contributed by atoms with Gasteiger partial charge in [0.2, 0.25) is 11.5 Å². The Bertz CT molecular complexity index is 1700. The van der Waals surface area contributed by atoms with Gasteiger partial charge >= 0.3 is 0 Å². The van der Waals surface area contributed by atoms with Crippen molar-refractivity contribution in [1.82, 2.24) is 0 Å². The van der Waals surface area contributed by atoms with Crippen LogP contribution in [0.4, 0.5) is 0 Å². The van der Waals surface area contributed by atoms with E-state index < -0.39 is 24.0 Å². The first kappa shape index (κ1) is 37.6. The number of phenolic OH excluding ortho intramolecular Hbond substituents is 3. The molecule has 0 saturated heterocycles. The molecule has 10 nitrogen and oxygen atoms in total. The van der Waals surface area contributed by atoms with Crippen LogP contribution < -0.4 is 18.9 Å². The number of hydrogen-bond donors (Lipinski definition) is 6. The molecule has 6 rings (SSSR count). The van der Waals surface area contributed by atoms with E-state index in [1.165, 1.54) is 13.2 Å². The van der Waals surface area contributed by atoms with Crippen molar-refractivity contribution in [3.05, 3.63) is 52.6 Å². The van der Waals surface area contributed by atoms with Crippen molar-refractivity contribution in [2.75, 3.05) is 45.0 Å². The Kier molecular flexibility index (Phi) is 12.0. The zero-order chi connectivity index (χ0) is 36.4. The summed E-state index contributed by atoms with van der Waals surface area (Å²) in [6.07, 6.45) is 1.23. The van der Waals surface area contributed by atoms with Crippen molar-refractivity contribution in [3.63, 3.8) is 0 Å². The third-order valence-electron chi connectivity index (χ3n) is 10.5. The van der Waals surface area contributed by atoms with E-state index in [2.05, 4.69) is 20.8 Å². The van der Waals surface area contributed by atoms with Gasteiger partial charge < -0.3 is 49.6 Å². The molecule has 51 heavy (non-hydrogen) atoms. The summed E-state index contributed by atoms with van der Waals surface area (Å²) < 4.78 is 24.3. The van der Waals surface area contributed by atoms with Gasteiger partial charge in [0, 0.05) is 46.1 Å². The van der Waals surface area contributed by atoms with Crippen LogP contribution in [-0.2, 0) is 0 Å². The minimum Gasteiger partial charge on any atom is -0.508 e. The summed E-state index contributed by atoms with van der Waals surface area (Å²) in [7, 11) is 4.78. The van der Waals surface area contributed by atoms with Gasteiger partial charge in [-0.05, 0) is 71.9 Å². The topological polar surface area (TPSA) is 158 Å². The van der Waals surface area contributed by atoms with E-state index in [1.807, 2.05) is 6.07 Å². The monoisotopic (exact) mass is 742 g/mol. The highest BCUT2D eigenvalue weighted by Gasteiger charge is 2.47. The van der Waals surface area contributed by atoms with Crippen molar-refractivity contribution >= 4 is 21.6 Å². The van der Waals surface area contributed by atoms with Gasteiger partial charge in [0.25, 0.3) is 0 Å². The summed E-state index contributed by atoms with van der Waals surface area (Å²) >= 11 is 0. The molecule has 12 heteroatoms. The van der Waals surface area contributed by atoms with Crippen LogP contribution in [0, 0.1) is 11.8 Å². The third kappa shape index (κ3) is 7.40. The Morgan fingerprint density at radius 1 is 0.882 bits per heavy atom. The molecule has 3 aliphatic rings. The second kappa shape index (κ2) is 16.2. The average Bonchev–Trinajstić information content (AvgIpc) is 3.11. The van der Waals surface area contributed by atoms with Crippen molar-refractivity contribution in [3.8, 4) is 51.4 Å². The standard InChI is InChI=1S/C39H50O10S2/c1-20(2)9-12-47-31-16-26(35(43)39(46-4)37(31)45)38-36(44)28-19-51-50-14-10-21(3)5-7-23-25-15-22(42)6-8-24(25)32-29(48-13-11-40)17-30(49-38)33(28)34(32)27(23)18-41/h6,8,15-17,20-21,23,27-28,36,38,40-45H,5,7,9-14,18-19H2,1-4H3/t21-,23-,27-,28+,36+,38-/m0/s1. The summed E-state index contributed by atoms with van der Waals surface area (Å²) in [5.74, 6) is 1.47. The van der Waals surface area contributed by atoms with E-state index in [1.54, 1.807) is 39.8 Å². The number of hydrogen-bond acceptors (Lipinski definition) is 12. The molecule has 0 aromatic heterocycles. The lowest BCUT2D eigenvalue weighted by Crippen LogP contribution is -2.38. The number of aromatic hydroxyl groups is 3. The Balaban J connectivity index is 1.58. The lowest BCUT2D eigenvalue weighted by Gasteiger charge is -2.43. The fourth-order valence-corrected chi connectivity index (χ4v) is 10.4. The maximum absolute atomic E-state index is 12.4. The molecule has 3 aromatic rings. The molecule has 0 spiro atoms. The van der Waals surface area contributed by atoms with E-state index >= 15 is 0 Å². The lowest BCUT2D eigenvalue weighted by molar-refractivity contribution is 0.00260. The highest BCUT2D eigenvalue weighted by atomic mass is 33.1. The normalized spacial score (nSPS) is 24.4. The Hall–Kier alpha value is -3.16. The Morgan fingerprint density at radius 3 is 2.39 bits per heavy atom. The van der Waals surface area contributed by atoms with Crippen molar-refractivity contribution in [1.29, 1.82) is 0 Å². The first-order valence-electron chi connectivity index (χ1n) is 17.8. The number of methoxy groups -OCH3 is 1. The van der Waals surface area contributed by atoms with E-state index in [0.717, 1.165) is 59.3 Å². The number of phenols is 3. The van der Waals surface area contributed by atoms with Gasteiger partial charge in [-0.3, -0.25) is 0 Å². The van der Waals surface area contributed by atoms with Gasteiger partial charge in [0.05, 0.1) is 26.9 Å². The Labute approximate surface area is 307 Å². The number of aliphatic hydroxyl groups excluding tert-OH is 3. The number of aliphatic hydroxyl groups is 3. The smallest absolute Gasteiger partial charge is 0.207 e. The van der Waals surface area contributed by atoms with Gasteiger partial charge in [0.1, 0.15) is 30.0 Å². The van der Waals surface area contributed by atoms with Crippen LogP contribution in [0.5, 0.6) is 40.2 Å². The summed E-state index contributed by atoms with van der Waals surface area (Å²) in [5, 5.41) is 66.6. The molecule has 3 aromatic carbocycles. The molecule has 2 heterocycles. The minimum atomic E-state index is -1.16. The summed E-state index contributed by atoms with van der Waals surface area (Å²) in [6.45, 7) is 6.32. The van der Waals surface area contributed by atoms with E-state index in [4.69, 9.17) is 18.9 Å². The largest absolute Gasteiger partial charge is 0.508 e. The van der Waals surface area contributed by atoms with Gasteiger partial charge in [0.15, 0.2) is 17.6 Å². The minimum absolute atomic E-state index is 0.0123. The molecule has 0 radical (unpaired) electrons. The van der Waals surface area contributed by atoms with E-state index in [-0.39, 0.29) is 60.0 Å². The molecular weight excluding hydrogens is 693 g/mol. The molecule has 0 amide bonds. The molecule has 2 bridgehead atoms. The fourth-order valence-electron chi connectivity index (χ4n) is 7.77. The number of fused-ring (bicyclic) bond motifs is 4. The number of ether oxygens (including phenoxy) is 4. The predicted molar refractivity (Wildman–Crippen MR) is 200 cm³/mol. The summed E-state index contributed by atoms with van der Waals surface area (Å²) in [5.41, 5.74) is 4.35. The number of rotatable bonds is 10. The first-order chi connectivity index (χ1) is 24.6. The van der Waals surface area contributed by atoms with E-state index in [0.29, 0.717) is 35.7 Å². The van der Waals surface area contributed by atoms with Crippen LogP contribution in [-0.4, -0.2) is 81.8 Å². The quantitative estimate of drug-likeness (QED) is 0.116. The molecule has 0 unspecified atom stereocenters. The van der Waals surface area contributed by atoms with Crippen molar-refractivity contribution < 1.29 is 49.6 Å². The summed E-state index contributed by atoms with van der Waals surface area (Å²) in [6, 6.07) is 8.60. The average molecular weight is 743 g/mol. The molecule has 0 fully saturated rings. The van der Waals surface area contributed by atoms with Crippen LogP contribution in [0.15, 0.2) is 30.3 Å². The zero-order valence-electron chi connectivity index (χ0n) is 29.6. The second-order valence-corrected chi connectivity index (χ2v) is 16.9. The highest BCUT2D eigenvalue weighted by Crippen LogP contribution is 2.60. The summed E-state index contributed by atoms with van der Waals surface area (Å²) in [4.78, 5) is 0. The van der Waals surface area contributed by atoms with Gasteiger partial charge in [-0.15, -0.1) is 0 Å². The van der Waals surface area contributed by atoms with Gasteiger partial charge in [-0.1, -0.05) is 54.8 Å². The molecule has 1 aliphatic carbocycles.